The highest BCUT2D eigenvalue weighted by molar-refractivity contribution is 5.72. The van der Waals surface area contributed by atoms with Gasteiger partial charge in [0.05, 0.1) is 5.92 Å². The topological polar surface area (TPSA) is 26.3 Å². The van der Waals surface area contributed by atoms with Crippen LogP contribution in [0.3, 0.4) is 0 Å². The van der Waals surface area contributed by atoms with Gasteiger partial charge in [-0.1, -0.05) is 26.0 Å². The summed E-state index contributed by atoms with van der Waals surface area (Å²) in [6, 6.07) is 6.09. The zero-order valence-corrected chi connectivity index (χ0v) is 9.70. The number of hydrogen-bond donors (Lipinski definition) is 0. The van der Waals surface area contributed by atoms with Gasteiger partial charge in [-0.2, -0.15) is 0 Å². The van der Waals surface area contributed by atoms with Crippen molar-refractivity contribution >= 4 is 5.97 Å². The van der Waals surface area contributed by atoms with Gasteiger partial charge >= 0.3 is 5.97 Å². The Bertz CT molecular complexity index is 346. The highest BCUT2D eigenvalue weighted by atomic mass is 19.1. The lowest BCUT2D eigenvalue weighted by molar-refractivity contribution is -0.150. The summed E-state index contributed by atoms with van der Waals surface area (Å²) < 4.78 is 18.0. The first-order valence-corrected chi connectivity index (χ1v) is 5.58. The van der Waals surface area contributed by atoms with Crippen LogP contribution in [0.5, 0.6) is 0 Å². The number of benzene rings is 1. The predicted molar refractivity (Wildman–Crippen MR) is 60.3 cm³/mol. The van der Waals surface area contributed by atoms with Crippen LogP contribution in [0.1, 0.15) is 32.3 Å². The Morgan fingerprint density at radius 1 is 1.38 bits per heavy atom. The lowest BCUT2D eigenvalue weighted by Gasteiger charge is -2.11. The van der Waals surface area contributed by atoms with E-state index in [2.05, 4.69) is 0 Å². The third kappa shape index (κ3) is 3.65. The van der Waals surface area contributed by atoms with E-state index in [0.29, 0.717) is 5.56 Å². The number of hydrogen-bond acceptors (Lipinski definition) is 2. The molecule has 0 fully saturated rings. The number of esters is 1. The maximum absolute atomic E-state index is 12.8. The van der Waals surface area contributed by atoms with Crippen molar-refractivity contribution in [3.63, 3.8) is 0 Å². The average Bonchev–Trinajstić information content (AvgIpc) is 2.28. The summed E-state index contributed by atoms with van der Waals surface area (Å²) in [4.78, 5) is 11.5. The smallest absolute Gasteiger partial charge is 0.309 e. The SMILES string of the molecule is CCC(CC)C(=O)OCc1cccc(F)c1. The Morgan fingerprint density at radius 3 is 2.62 bits per heavy atom. The van der Waals surface area contributed by atoms with E-state index in [9.17, 15) is 9.18 Å². The molecular formula is C13H17FO2. The molecule has 0 heterocycles. The highest BCUT2D eigenvalue weighted by Crippen LogP contribution is 2.12. The molecule has 1 aromatic carbocycles. The Morgan fingerprint density at radius 2 is 2.06 bits per heavy atom. The quantitative estimate of drug-likeness (QED) is 0.717. The number of carbonyl (C=O) groups excluding carboxylic acids is 1. The van der Waals surface area contributed by atoms with Crippen molar-refractivity contribution in [3.05, 3.63) is 35.6 Å². The molecule has 0 atom stereocenters. The Balaban J connectivity index is 2.48. The molecule has 0 radical (unpaired) electrons. The van der Waals surface area contributed by atoms with Crippen LogP contribution in [-0.2, 0) is 16.1 Å². The first-order chi connectivity index (χ1) is 7.67. The summed E-state index contributed by atoms with van der Waals surface area (Å²) >= 11 is 0. The van der Waals surface area contributed by atoms with Gasteiger partial charge < -0.3 is 4.74 Å². The minimum absolute atomic E-state index is 0.0476. The van der Waals surface area contributed by atoms with Crippen molar-refractivity contribution in [3.8, 4) is 0 Å². The molecular weight excluding hydrogens is 207 g/mol. The highest BCUT2D eigenvalue weighted by Gasteiger charge is 2.15. The molecule has 2 nitrogen and oxygen atoms in total. The number of ether oxygens (including phenoxy) is 1. The van der Waals surface area contributed by atoms with Crippen molar-refractivity contribution in [2.24, 2.45) is 5.92 Å². The minimum atomic E-state index is -0.309. The molecule has 0 saturated carbocycles. The Hall–Kier alpha value is -1.38. The van der Waals surface area contributed by atoms with E-state index in [4.69, 9.17) is 4.74 Å². The molecule has 16 heavy (non-hydrogen) atoms. The molecule has 0 saturated heterocycles. The number of carbonyl (C=O) groups is 1. The van der Waals surface area contributed by atoms with Crippen molar-refractivity contribution in [1.82, 2.24) is 0 Å². The molecule has 0 N–H and O–H groups in total. The van der Waals surface area contributed by atoms with Crippen molar-refractivity contribution in [2.75, 3.05) is 0 Å². The van der Waals surface area contributed by atoms with Crippen LogP contribution >= 0.6 is 0 Å². The predicted octanol–water partition coefficient (Wildman–Crippen LogP) is 3.31. The van der Waals surface area contributed by atoms with E-state index in [1.165, 1.54) is 12.1 Å². The molecule has 1 aromatic rings. The maximum atomic E-state index is 12.8. The van der Waals surface area contributed by atoms with E-state index in [1.807, 2.05) is 13.8 Å². The average molecular weight is 224 g/mol. The van der Waals surface area contributed by atoms with Gasteiger partial charge in [-0.3, -0.25) is 4.79 Å². The Labute approximate surface area is 95.4 Å². The zero-order chi connectivity index (χ0) is 12.0. The van der Waals surface area contributed by atoms with Gasteiger partial charge in [0.15, 0.2) is 0 Å². The zero-order valence-electron chi connectivity index (χ0n) is 9.70. The lowest BCUT2D eigenvalue weighted by atomic mass is 10.0. The van der Waals surface area contributed by atoms with Gasteiger partial charge in [-0.05, 0) is 30.5 Å². The molecule has 0 aliphatic rings. The molecule has 0 amide bonds. The lowest BCUT2D eigenvalue weighted by Crippen LogP contribution is -2.16. The van der Waals surface area contributed by atoms with E-state index in [-0.39, 0.29) is 24.3 Å². The Kier molecular flexibility index (Phi) is 4.96. The summed E-state index contributed by atoms with van der Waals surface area (Å²) in [5, 5.41) is 0. The molecule has 1 rings (SSSR count). The van der Waals surface area contributed by atoms with Crippen LogP contribution in [0, 0.1) is 11.7 Å². The molecule has 0 bridgehead atoms. The summed E-state index contributed by atoms with van der Waals surface area (Å²) in [7, 11) is 0. The van der Waals surface area contributed by atoms with Crippen molar-refractivity contribution in [2.45, 2.75) is 33.3 Å². The van der Waals surface area contributed by atoms with Gasteiger partial charge in [0.1, 0.15) is 12.4 Å². The van der Waals surface area contributed by atoms with Crippen LogP contribution < -0.4 is 0 Å². The van der Waals surface area contributed by atoms with Gasteiger partial charge in [0.25, 0.3) is 0 Å². The van der Waals surface area contributed by atoms with Crippen LogP contribution in [-0.4, -0.2) is 5.97 Å². The molecule has 0 aromatic heterocycles. The summed E-state index contributed by atoms with van der Waals surface area (Å²) in [6.07, 6.45) is 1.55. The largest absolute Gasteiger partial charge is 0.461 e. The maximum Gasteiger partial charge on any atom is 0.309 e. The summed E-state index contributed by atoms with van der Waals surface area (Å²) in [6.45, 7) is 4.06. The van der Waals surface area contributed by atoms with E-state index in [1.54, 1.807) is 12.1 Å². The molecule has 0 aliphatic heterocycles. The minimum Gasteiger partial charge on any atom is -0.461 e. The number of halogens is 1. The van der Waals surface area contributed by atoms with Crippen LogP contribution in [0.2, 0.25) is 0 Å². The van der Waals surface area contributed by atoms with Gasteiger partial charge in [-0.25, -0.2) is 4.39 Å². The molecule has 0 unspecified atom stereocenters. The van der Waals surface area contributed by atoms with E-state index >= 15 is 0 Å². The van der Waals surface area contributed by atoms with Crippen molar-refractivity contribution < 1.29 is 13.9 Å². The van der Waals surface area contributed by atoms with E-state index < -0.39 is 0 Å². The second-order valence-electron chi connectivity index (χ2n) is 3.75. The second kappa shape index (κ2) is 6.26. The number of rotatable bonds is 5. The summed E-state index contributed by atoms with van der Waals surface area (Å²) in [5.74, 6) is -0.557. The molecule has 88 valence electrons. The first kappa shape index (κ1) is 12.7. The molecule has 3 heteroatoms. The van der Waals surface area contributed by atoms with Gasteiger partial charge in [-0.15, -0.1) is 0 Å². The van der Waals surface area contributed by atoms with Crippen LogP contribution in [0.25, 0.3) is 0 Å². The van der Waals surface area contributed by atoms with Crippen LogP contribution in [0.4, 0.5) is 4.39 Å². The standard InChI is InChI=1S/C13H17FO2/c1-3-11(4-2)13(15)16-9-10-6-5-7-12(14)8-10/h5-8,11H,3-4,9H2,1-2H3. The van der Waals surface area contributed by atoms with Crippen LogP contribution in [0.15, 0.2) is 24.3 Å². The fourth-order valence-electron chi connectivity index (χ4n) is 1.52. The first-order valence-electron chi connectivity index (χ1n) is 5.58. The second-order valence-corrected chi connectivity index (χ2v) is 3.75. The van der Waals surface area contributed by atoms with Crippen molar-refractivity contribution in [1.29, 1.82) is 0 Å². The van der Waals surface area contributed by atoms with Gasteiger partial charge in [0, 0.05) is 0 Å². The third-order valence-corrected chi connectivity index (χ3v) is 2.59. The normalized spacial score (nSPS) is 10.5. The molecule has 0 spiro atoms. The fraction of sp³-hybridized carbons (Fsp3) is 0.462. The monoisotopic (exact) mass is 224 g/mol. The summed E-state index contributed by atoms with van der Waals surface area (Å²) in [5.41, 5.74) is 0.680. The fourth-order valence-corrected chi connectivity index (χ4v) is 1.52. The van der Waals surface area contributed by atoms with Gasteiger partial charge in [0.2, 0.25) is 0 Å². The van der Waals surface area contributed by atoms with E-state index in [0.717, 1.165) is 12.8 Å². The molecule has 0 aliphatic carbocycles. The third-order valence-electron chi connectivity index (χ3n) is 2.59.